The van der Waals surface area contributed by atoms with Crippen LogP contribution in [-0.2, 0) is 40.3 Å². The van der Waals surface area contributed by atoms with Crippen LogP contribution in [0.5, 0.6) is 0 Å². The number of halogens is 6. The lowest BCUT2D eigenvalue weighted by Crippen LogP contribution is -2.54. The van der Waals surface area contributed by atoms with Gasteiger partial charge in [-0.2, -0.15) is 26.3 Å². The summed E-state index contributed by atoms with van der Waals surface area (Å²) in [6.07, 6.45) is -11.1. The number of carbonyl (C=O) groups is 3. The molecule has 9 nitrogen and oxygen atoms in total. The van der Waals surface area contributed by atoms with Gasteiger partial charge in [-0.05, 0) is 299 Å². The summed E-state index contributed by atoms with van der Waals surface area (Å²) >= 11 is 0. The Morgan fingerprint density at radius 2 is 0.380 bits per heavy atom. The summed E-state index contributed by atoms with van der Waals surface area (Å²) in [5.74, 6) is 0.0238. The Morgan fingerprint density at radius 3 is 0.659 bits per heavy atom. The highest BCUT2D eigenvalue weighted by Crippen LogP contribution is 2.56. The molecule has 0 amide bonds. The third-order valence-corrected chi connectivity index (χ3v) is 28.9. The van der Waals surface area contributed by atoms with Gasteiger partial charge in [-0.1, -0.05) is 266 Å². The van der Waals surface area contributed by atoms with Gasteiger partial charge in [0.1, 0.15) is 0 Å². The Balaban J connectivity index is 0.000000176. The first-order valence-electron chi connectivity index (χ1n) is 42.0. The monoisotopic (exact) mass is 1800 g/mol. The highest BCUT2D eigenvalue weighted by Gasteiger charge is 2.72. The molecule has 0 unspecified atom stereocenters. The fraction of sp³-hybridized carbons (Fsp3) is 0.216. The third kappa shape index (κ3) is 24.3. The maximum Gasteiger partial charge on any atom is 0.411 e. The van der Waals surface area contributed by atoms with Gasteiger partial charge in [0.2, 0.25) is 34.9 Å². The number of ketones is 3. The van der Waals surface area contributed by atoms with Crippen molar-refractivity contribution in [1.29, 1.82) is 0 Å². The summed E-state index contributed by atoms with van der Waals surface area (Å²) in [4.78, 5) is 38.5. The molecule has 0 aliphatic carbocycles. The smallest absolute Gasteiger partial charge is 0.289 e. The highest BCUT2D eigenvalue weighted by atomic mass is 32.2. The molecule has 0 aromatic heterocycles. The molecule has 0 aliphatic heterocycles. The van der Waals surface area contributed by atoms with Gasteiger partial charge in [-0.3, -0.25) is 14.4 Å². The Labute approximate surface area is 757 Å². The minimum atomic E-state index is -5.54. The predicted molar refractivity (Wildman–Crippen MR) is 507 cm³/mol. The molecule has 0 fully saturated rings. The minimum Gasteiger partial charge on any atom is -0.289 e. The number of carbonyl (C=O) groups excluding carboxylic acids is 3. The van der Waals surface area contributed by atoms with E-state index in [9.17, 15) is 66.0 Å². The van der Waals surface area contributed by atoms with Crippen molar-refractivity contribution in [1.82, 2.24) is 0 Å². The lowest BCUT2D eigenvalue weighted by Gasteiger charge is -2.38. The van der Waals surface area contributed by atoms with Crippen molar-refractivity contribution >= 4 is 46.9 Å². The zero-order chi connectivity index (χ0) is 95.2. The maximum absolute atomic E-state index is 13.9. The molecule has 14 aromatic carbocycles. The molecule has 0 aliphatic rings. The number of hydrogen-bond acceptors (Lipinski definition) is 9. The first-order valence-corrected chi connectivity index (χ1v) is 46.4. The zero-order valence-corrected chi connectivity index (χ0v) is 79.0. The molecule has 14 rings (SSSR count). The second-order valence-electron chi connectivity index (χ2n) is 33.7. The van der Waals surface area contributed by atoms with E-state index in [2.05, 4.69) is 84.0 Å². The molecule has 0 saturated carbocycles. The minimum absolute atomic E-state index is 0.0302. The van der Waals surface area contributed by atoms with Crippen LogP contribution in [0.15, 0.2) is 333 Å². The van der Waals surface area contributed by atoms with Crippen molar-refractivity contribution in [3.05, 3.63) is 459 Å². The molecule has 0 radical (unpaired) electrons. The van der Waals surface area contributed by atoms with Crippen LogP contribution in [0.3, 0.4) is 0 Å². The Hall–Kier alpha value is -12.5. The fourth-order valence-electron chi connectivity index (χ4n) is 13.9. The van der Waals surface area contributed by atoms with E-state index in [-0.39, 0.29) is 42.3 Å². The molecular weight excluding hydrogens is 1690 g/mol. The first kappa shape index (κ1) is 100. The maximum atomic E-state index is 13.9. The summed E-state index contributed by atoms with van der Waals surface area (Å²) in [7, 11) is -10.8. The summed E-state index contributed by atoms with van der Waals surface area (Å²) in [6, 6.07) is 85.7. The van der Waals surface area contributed by atoms with E-state index in [1.54, 1.807) is 105 Å². The second-order valence-corrected chi connectivity index (χ2v) is 39.5. The van der Waals surface area contributed by atoms with Crippen molar-refractivity contribution in [2.24, 2.45) is 0 Å². The van der Waals surface area contributed by atoms with Gasteiger partial charge in [0.05, 0.1) is 29.4 Å². The van der Waals surface area contributed by atoms with Crippen LogP contribution in [0.4, 0.5) is 26.3 Å². The average molecular weight is 1800 g/mol. The SMILES string of the molecule is Cc1ccc(C(=O)c2ccc(C(=O)c3ccc(C)c(C)c3)cc2)cc1.Cc1ccc(C(=O)c2ccc(C)c(C)c2)cc1.Cc1ccc(C(C)(C)c2ccc(C)c(C)c2)cc1.Cc1ccc(C(c2ccc(C)c(C)c2)(C(F)(F)F)C(F)(F)F)cc1.Cc1ccc(S(=O)(=O)c2ccc(C)c(C)c2)cc1.Cc1ccc(S(=O)(=O)c2ccc(S(=O)(=O)c3ccc(C)c(C)c3)cc2)cc1. The Kier molecular flexibility index (Phi) is 32.4. The zero-order valence-electron chi connectivity index (χ0n) is 76.5. The fourth-order valence-corrected chi connectivity index (χ4v) is 17.8. The number of alkyl halides is 6. The lowest BCUT2D eigenvalue weighted by molar-refractivity contribution is -0.288. The van der Waals surface area contributed by atoms with E-state index >= 15 is 0 Å². The number of aryl methyl sites for hydroxylation is 18. The molecule has 0 bridgehead atoms. The summed E-state index contributed by atoms with van der Waals surface area (Å²) < 4.78 is 159. The van der Waals surface area contributed by atoms with Crippen LogP contribution in [-0.4, -0.2) is 55.0 Å². The van der Waals surface area contributed by atoms with Crippen LogP contribution in [0, 0.1) is 125 Å². The van der Waals surface area contributed by atoms with E-state index in [1.165, 1.54) is 88.3 Å². The number of rotatable bonds is 16. The van der Waals surface area contributed by atoms with E-state index < -0.39 is 58.4 Å². The van der Waals surface area contributed by atoms with Gasteiger partial charge in [-0.15, -0.1) is 0 Å². The van der Waals surface area contributed by atoms with Gasteiger partial charge >= 0.3 is 12.4 Å². The topological polar surface area (TPSA) is 154 Å². The first-order chi connectivity index (χ1) is 60.4. The number of sulfone groups is 3. The van der Waals surface area contributed by atoms with Crippen LogP contribution >= 0.6 is 0 Å². The van der Waals surface area contributed by atoms with Gasteiger partial charge < -0.3 is 0 Å². The predicted octanol–water partition coefficient (Wildman–Crippen LogP) is 27.6. The summed E-state index contributed by atoms with van der Waals surface area (Å²) in [5.41, 5.74) is 19.6. The van der Waals surface area contributed by atoms with Gasteiger partial charge in [-0.25, -0.2) is 25.3 Å². The largest absolute Gasteiger partial charge is 0.411 e. The van der Waals surface area contributed by atoms with Gasteiger partial charge in [0.15, 0.2) is 17.3 Å². The standard InChI is InChI=1S/C23H20O2.C21H20O4S2.C18H16F6.C18H22.C16H16O.C15H16O2S/c1-15-4-7-18(8-5-15)22(24)19-10-12-20(13-11-19)23(25)21-9-6-16(2)17(3)14-21;1-15-4-7-18(8-5-15)26(22,23)19-10-12-20(13-11-19)27(24,25)21-9-6-16(2)17(3)14-21;1-11-4-7-14(8-5-11)16(17(19,20)21,18(22,23)24)15-9-6-12(2)13(3)10-15;1-13-6-9-16(10-7-13)18(4,5)17-11-8-14(2)15(3)12-17;1-11-4-7-14(8-5-11)16(17)15-9-6-12(2)13(3)10-15;1-11-4-7-14(8-5-11)18(16,17)15-9-6-12(2)13(3)10-15/h4-14H,1-3H3;4-14H,1-3H3;4-10H,1-3H3;6-12H,1-5H3;4-10H,1-3H3;4-10H,1-3H3. The molecule has 0 N–H and O–H groups in total. The molecule has 0 atom stereocenters. The van der Waals surface area contributed by atoms with E-state index in [1.807, 2.05) is 179 Å². The van der Waals surface area contributed by atoms with Crippen LogP contribution in [0.2, 0.25) is 0 Å². The van der Waals surface area contributed by atoms with Crippen molar-refractivity contribution < 1.29 is 66.0 Å². The van der Waals surface area contributed by atoms with Crippen LogP contribution in [0.1, 0.15) is 184 Å². The number of hydrogen-bond donors (Lipinski definition) is 0. The van der Waals surface area contributed by atoms with Gasteiger partial charge in [0.25, 0.3) is 0 Å². The third-order valence-electron chi connectivity index (χ3n) is 23.5. The summed E-state index contributed by atoms with van der Waals surface area (Å²) in [6.45, 7) is 39.4. The highest BCUT2D eigenvalue weighted by molar-refractivity contribution is 7.92. The van der Waals surface area contributed by atoms with Crippen molar-refractivity contribution in [3.8, 4) is 0 Å². The molecule has 14 aromatic rings. The van der Waals surface area contributed by atoms with Crippen molar-refractivity contribution in [2.75, 3.05) is 0 Å². The quantitative estimate of drug-likeness (QED) is 0.0679. The van der Waals surface area contributed by atoms with E-state index in [0.717, 1.165) is 91.0 Å². The summed E-state index contributed by atoms with van der Waals surface area (Å²) in [5, 5.41) is 0. The Morgan fingerprint density at radius 1 is 0.194 bits per heavy atom. The van der Waals surface area contributed by atoms with E-state index in [0.29, 0.717) is 48.7 Å². The normalized spacial score (nSPS) is 11.6. The number of benzene rings is 14. The molecular formula is C111H110F6O9S3. The van der Waals surface area contributed by atoms with Crippen LogP contribution < -0.4 is 0 Å². The van der Waals surface area contributed by atoms with Gasteiger partial charge in [0, 0.05) is 38.8 Å². The van der Waals surface area contributed by atoms with Crippen LogP contribution in [0.25, 0.3) is 0 Å². The lowest BCUT2D eigenvalue weighted by atomic mass is 9.72. The second kappa shape index (κ2) is 41.7. The average Bonchev–Trinajstić information content (AvgIpc) is 0.713. The Bertz CT molecular complexity index is 6710. The van der Waals surface area contributed by atoms with Crippen molar-refractivity contribution in [2.45, 2.75) is 191 Å². The van der Waals surface area contributed by atoms with Crippen molar-refractivity contribution in [3.63, 3.8) is 0 Å². The molecule has 0 spiro atoms. The molecule has 18 heteroatoms. The molecule has 0 heterocycles. The van der Waals surface area contributed by atoms with E-state index in [4.69, 9.17) is 0 Å². The molecule has 129 heavy (non-hydrogen) atoms. The molecule has 0 saturated heterocycles. The molecule has 668 valence electrons.